The summed E-state index contributed by atoms with van der Waals surface area (Å²) < 4.78 is 0. The molecule has 0 unspecified atom stereocenters. The number of thiophene rings is 1. The van der Waals surface area contributed by atoms with Crippen LogP contribution in [0.25, 0.3) is 53.2 Å². The first kappa shape index (κ1) is 22.1. The average Bonchev–Trinajstić information content (AvgIpc) is 3.40. The molecule has 1 aromatic heterocycles. The maximum atomic E-state index is 2.46. The molecule has 0 aliphatic heterocycles. The molecule has 0 bridgehead atoms. The number of aryl methyl sites for hydroxylation is 2. The van der Waals surface area contributed by atoms with E-state index in [-0.39, 0.29) is 0 Å². The van der Waals surface area contributed by atoms with Gasteiger partial charge in [-0.15, -0.1) is 11.3 Å². The third kappa shape index (κ3) is 3.94. The molecule has 1 heteroatoms. The fourth-order valence-electron chi connectivity index (χ4n) is 5.54. The molecule has 172 valence electrons. The highest BCUT2D eigenvalue weighted by atomic mass is 32.1. The molecular weight excluding hydrogens is 440 g/mol. The molecule has 0 aliphatic carbocycles. The van der Waals surface area contributed by atoms with Crippen molar-refractivity contribution in [3.8, 4) is 20.9 Å². The van der Waals surface area contributed by atoms with E-state index in [1.165, 1.54) is 64.3 Å². The van der Waals surface area contributed by atoms with Crippen molar-refractivity contribution in [1.82, 2.24) is 0 Å². The van der Waals surface area contributed by atoms with E-state index in [1.807, 2.05) is 11.3 Å². The third-order valence-electron chi connectivity index (χ3n) is 7.17. The van der Waals surface area contributed by atoms with Crippen molar-refractivity contribution < 1.29 is 0 Å². The Morgan fingerprint density at radius 3 is 1.71 bits per heavy atom. The fourth-order valence-corrected chi connectivity index (χ4v) is 6.54. The lowest BCUT2D eigenvalue weighted by Gasteiger charge is -2.17. The lowest BCUT2D eigenvalue weighted by atomic mass is 9.87. The van der Waals surface area contributed by atoms with Gasteiger partial charge in [-0.1, -0.05) is 99.5 Å². The second-order valence-corrected chi connectivity index (χ2v) is 10.6. The van der Waals surface area contributed by atoms with Gasteiger partial charge in [0, 0.05) is 9.75 Å². The molecule has 0 spiro atoms. The number of hydrogen-bond acceptors (Lipinski definition) is 1. The Morgan fingerprint density at radius 1 is 0.486 bits per heavy atom. The maximum absolute atomic E-state index is 2.46. The number of hydrogen-bond donors (Lipinski definition) is 0. The van der Waals surface area contributed by atoms with Gasteiger partial charge in [0.25, 0.3) is 0 Å². The molecule has 0 saturated carbocycles. The summed E-state index contributed by atoms with van der Waals surface area (Å²) in [6, 6.07) is 36.2. The highest BCUT2D eigenvalue weighted by Gasteiger charge is 2.15. The molecule has 0 radical (unpaired) electrons. The smallest absolute Gasteiger partial charge is 0.0349 e. The molecule has 0 nitrogen and oxygen atoms in total. The van der Waals surface area contributed by atoms with Crippen molar-refractivity contribution in [2.24, 2.45) is 0 Å². The molecule has 0 fully saturated rings. The largest absolute Gasteiger partial charge is 0.135 e. The van der Waals surface area contributed by atoms with Gasteiger partial charge >= 0.3 is 0 Å². The van der Waals surface area contributed by atoms with Gasteiger partial charge in [-0.3, -0.25) is 0 Å². The van der Waals surface area contributed by atoms with E-state index in [0.29, 0.717) is 0 Å². The van der Waals surface area contributed by atoms with Crippen LogP contribution < -0.4 is 0 Å². The van der Waals surface area contributed by atoms with Crippen LogP contribution in [0.2, 0.25) is 0 Å². The molecule has 0 atom stereocenters. The second kappa shape index (κ2) is 9.32. The SMILES string of the molecule is CCCc1c2ccccc2c(CCC)c2cc(-c3ccc(-c4ccc5ccccc5c4)s3)ccc12. The molecule has 0 N–H and O–H groups in total. The fraction of sp³-hybridized carbons (Fsp3) is 0.176. The Hall–Kier alpha value is -3.42. The van der Waals surface area contributed by atoms with Gasteiger partial charge in [-0.05, 0) is 91.7 Å². The highest BCUT2D eigenvalue weighted by molar-refractivity contribution is 7.18. The lowest BCUT2D eigenvalue weighted by molar-refractivity contribution is 0.927. The Morgan fingerprint density at radius 2 is 1.03 bits per heavy atom. The highest BCUT2D eigenvalue weighted by Crippen LogP contribution is 2.40. The summed E-state index contributed by atoms with van der Waals surface area (Å²) in [5.74, 6) is 0. The van der Waals surface area contributed by atoms with Crippen LogP contribution in [0.5, 0.6) is 0 Å². The normalized spacial score (nSPS) is 11.6. The van der Waals surface area contributed by atoms with Crippen LogP contribution in [-0.4, -0.2) is 0 Å². The minimum atomic E-state index is 1.11. The summed E-state index contributed by atoms with van der Waals surface area (Å²) in [6.45, 7) is 4.58. The van der Waals surface area contributed by atoms with Crippen molar-refractivity contribution in [3.63, 3.8) is 0 Å². The average molecular weight is 471 g/mol. The first-order chi connectivity index (χ1) is 17.3. The lowest BCUT2D eigenvalue weighted by Crippen LogP contribution is -1.96. The summed E-state index contributed by atoms with van der Waals surface area (Å²) in [5.41, 5.74) is 5.63. The van der Waals surface area contributed by atoms with Crippen LogP contribution in [0.3, 0.4) is 0 Å². The molecule has 0 amide bonds. The van der Waals surface area contributed by atoms with Crippen LogP contribution >= 0.6 is 11.3 Å². The number of benzene rings is 5. The first-order valence-electron chi connectivity index (χ1n) is 12.8. The summed E-state index contributed by atoms with van der Waals surface area (Å²) in [7, 11) is 0. The van der Waals surface area contributed by atoms with Crippen LogP contribution in [0.4, 0.5) is 0 Å². The van der Waals surface area contributed by atoms with Crippen molar-refractivity contribution in [2.75, 3.05) is 0 Å². The zero-order valence-electron chi connectivity index (χ0n) is 20.5. The molecule has 5 aromatic carbocycles. The Balaban J connectivity index is 1.50. The predicted molar refractivity (Wildman–Crippen MR) is 156 cm³/mol. The second-order valence-electron chi connectivity index (χ2n) is 9.49. The molecule has 35 heavy (non-hydrogen) atoms. The minimum Gasteiger partial charge on any atom is -0.135 e. The van der Waals surface area contributed by atoms with Crippen molar-refractivity contribution in [3.05, 3.63) is 108 Å². The molecule has 0 aliphatic rings. The summed E-state index contributed by atoms with van der Waals surface area (Å²) in [4.78, 5) is 2.66. The van der Waals surface area contributed by atoms with Crippen LogP contribution in [-0.2, 0) is 12.8 Å². The van der Waals surface area contributed by atoms with Gasteiger partial charge in [-0.25, -0.2) is 0 Å². The third-order valence-corrected chi connectivity index (χ3v) is 8.36. The van der Waals surface area contributed by atoms with E-state index < -0.39 is 0 Å². The van der Waals surface area contributed by atoms with Gasteiger partial charge in [0.15, 0.2) is 0 Å². The van der Waals surface area contributed by atoms with E-state index in [2.05, 4.69) is 111 Å². The first-order valence-corrected chi connectivity index (χ1v) is 13.6. The zero-order chi connectivity index (χ0) is 23.8. The van der Waals surface area contributed by atoms with E-state index >= 15 is 0 Å². The Labute approximate surface area is 211 Å². The van der Waals surface area contributed by atoms with Gasteiger partial charge in [0.05, 0.1) is 0 Å². The molecular formula is C34H30S. The van der Waals surface area contributed by atoms with Crippen molar-refractivity contribution in [2.45, 2.75) is 39.5 Å². The molecule has 6 rings (SSSR count). The van der Waals surface area contributed by atoms with Gasteiger partial charge in [0.2, 0.25) is 0 Å². The zero-order valence-corrected chi connectivity index (χ0v) is 21.3. The van der Waals surface area contributed by atoms with Crippen molar-refractivity contribution in [1.29, 1.82) is 0 Å². The Kier molecular flexibility index (Phi) is 5.88. The Bertz CT molecular complexity index is 1670. The van der Waals surface area contributed by atoms with E-state index in [0.717, 1.165) is 25.7 Å². The van der Waals surface area contributed by atoms with Crippen molar-refractivity contribution >= 4 is 43.7 Å². The monoisotopic (exact) mass is 470 g/mol. The van der Waals surface area contributed by atoms with Crippen LogP contribution in [0.15, 0.2) is 97.1 Å². The minimum absolute atomic E-state index is 1.11. The molecule has 1 heterocycles. The van der Waals surface area contributed by atoms with Gasteiger partial charge < -0.3 is 0 Å². The van der Waals surface area contributed by atoms with Crippen LogP contribution in [0, 0.1) is 0 Å². The quantitative estimate of drug-likeness (QED) is 0.212. The number of fused-ring (bicyclic) bond motifs is 3. The number of rotatable bonds is 6. The maximum Gasteiger partial charge on any atom is 0.0349 e. The standard InChI is InChI=1S/C34H30S/c1-3-9-27-29-13-7-8-14-30(29)28(10-4-2)32-22-26(17-18-31(27)32)34-20-19-33(35-34)25-16-15-23-11-5-6-12-24(23)21-25/h5-8,11-22H,3-4,9-10H2,1-2H3. The van der Waals surface area contributed by atoms with Gasteiger partial charge in [-0.2, -0.15) is 0 Å². The summed E-state index contributed by atoms with van der Waals surface area (Å²) in [5, 5.41) is 8.33. The van der Waals surface area contributed by atoms with E-state index in [9.17, 15) is 0 Å². The van der Waals surface area contributed by atoms with E-state index in [4.69, 9.17) is 0 Å². The summed E-state index contributed by atoms with van der Waals surface area (Å²) in [6.07, 6.45) is 4.54. The topological polar surface area (TPSA) is 0 Å². The molecule has 6 aromatic rings. The molecule has 0 saturated heterocycles. The van der Waals surface area contributed by atoms with Crippen LogP contribution in [0.1, 0.15) is 37.8 Å². The summed E-state index contributed by atoms with van der Waals surface area (Å²) >= 11 is 1.89. The predicted octanol–water partition coefficient (Wildman–Crippen LogP) is 10.4. The van der Waals surface area contributed by atoms with E-state index in [1.54, 1.807) is 0 Å². The van der Waals surface area contributed by atoms with Gasteiger partial charge in [0.1, 0.15) is 0 Å².